The summed E-state index contributed by atoms with van der Waals surface area (Å²) < 4.78 is 67.7. The summed E-state index contributed by atoms with van der Waals surface area (Å²) in [5.74, 6) is -0.178. The molecule has 0 N–H and O–H groups in total. The maximum absolute atomic E-state index is 13.3. The van der Waals surface area contributed by atoms with E-state index in [1.807, 2.05) is 4.90 Å². The van der Waals surface area contributed by atoms with Gasteiger partial charge in [0.25, 0.3) is 5.91 Å². The van der Waals surface area contributed by atoms with Gasteiger partial charge in [-0.3, -0.25) is 4.79 Å². The van der Waals surface area contributed by atoms with E-state index >= 15 is 0 Å². The monoisotopic (exact) mass is 479 g/mol. The molecule has 0 radical (unpaired) electrons. The summed E-state index contributed by atoms with van der Waals surface area (Å²) in [6, 6.07) is 9.10. The molecule has 174 valence electrons. The number of aromatic nitrogens is 1. The average molecular weight is 479 g/mol. The largest absolute Gasteiger partial charge is 0.445 e. The Hall–Kier alpha value is -3.34. The number of piperazine rings is 1. The number of alkyl halides is 3. The molecule has 2 heterocycles. The third-order valence-electron chi connectivity index (χ3n) is 5.44. The molecular weight excluding hydrogens is 459 g/mol. The fraction of sp³-hybridized carbons (Fsp3) is 0.273. The second-order valence-corrected chi connectivity index (χ2v) is 9.66. The van der Waals surface area contributed by atoms with Gasteiger partial charge in [0.1, 0.15) is 6.26 Å². The first-order chi connectivity index (χ1) is 15.5. The highest BCUT2D eigenvalue weighted by molar-refractivity contribution is 7.90. The molecule has 2 aromatic carbocycles. The Morgan fingerprint density at radius 1 is 1.03 bits per heavy atom. The zero-order chi connectivity index (χ0) is 23.8. The van der Waals surface area contributed by atoms with E-state index in [9.17, 15) is 26.4 Å². The van der Waals surface area contributed by atoms with Gasteiger partial charge in [-0.15, -0.1) is 0 Å². The Bertz CT molecular complexity index is 1250. The number of amides is 1. The lowest BCUT2D eigenvalue weighted by atomic mass is 10.1. The summed E-state index contributed by atoms with van der Waals surface area (Å²) >= 11 is 0. The smallest absolute Gasteiger partial charge is 0.416 e. The van der Waals surface area contributed by atoms with Gasteiger partial charge in [-0.2, -0.15) is 13.2 Å². The number of hydrogen-bond donors (Lipinski definition) is 0. The van der Waals surface area contributed by atoms with Crippen molar-refractivity contribution in [1.82, 2.24) is 9.88 Å². The number of carbonyl (C=O) groups is 1. The van der Waals surface area contributed by atoms with Crippen LogP contribution in [0.2, 0.25) is 0 Å². The molecular formula is C22H20F3N3O4S. The van der Waals surface area contributed by atoms with Crippen LogP contribution in [0.5, 0.6) is 0 Å². The lowest BCUT2D eigenvalue weighted by Gasteiger charge is -2.36. The molecule has 1 saturated heterocycles. The van der Waals surface area contributed by atoms with E-state index in [2.05, 4.69) is 4.98 Å². The van der Waals surface area contributed by atoms with Gasteiger partial charge in [0.2, 0.25) is 5.89 Å². The van der Waals surface area contributed by atoms with Crippen LogP contribution in [0.25, 0.3) is 11.5 Å². The molecule has 1 aliphatic heterocycles. The number of nitrogens with zero attached hydrogens (tertiary/aromatic N) is 3. The molecule has 1 aliphatic rings. The van der Waals surface area contributed by atoms with Crippen LogP contribution in [-0.2, 0) is 16.0 Å². The number of benzene rings is 2. The van der Waals surface area contributed by atoms with Crippen LogP contribution >= 0.6 is 0 Å². The maximum Gasteiger partial charge on any atom is 0.416 e. The fourth-order valence-corrected chi connectivity index (χ4v) is 4.32. The van der Waals surface area contributed by atoms with Gasteiger partial charge in [-0.05, 0) is 42.5 Å². The predicted molar refractivity (Wildman–Crippen MR) is 115 cm³/mol. The molecule has 33 heavy (non-hydrogen) atoms. The van der Waals surface area contributed by atoms with Gasteiger partial charge < -0.3 is 14.2 Å². The molecule has 0 spiro atoms. The summed E-state index contributed by atoms with van der Waals surface area (Å²) in [6.07, 6.45) is -0.553. The number of halogens is 3. The minimum absolute atomic E-state index is 0.00421. The predicted octanol–water partition coefficient (Wildman–Crippen LogP) is 3.73. The Balaban J connectivity index is 1.54. The summed E-state index contributed by atoms with van der Waals surface area (Å²) in [5, 5.41) is 0. The molecule has 1 fully saturated rings. The highest BCUT2D eigenvalue weighted by Crippen LogP contribution is 2.31. The molecule has 0 unspecified atom stereocenters. The SMILES string of the molecule is CS(=O)(=O)c1ccc(-c2ncco2)c(C(=O)N2CCN(c3ccc(C(F)(F)F)cc3)CC2)c1. The van der Waals surface area contributed by atoms with Crippen LogP contribution < -0.4 is 4.90 Å². The Kier molecular flexibility index (Phi) is 5.91. The van der Waals surface area contributed by atoms with Gasteiger partial charge in [-0.1, -0.05) is 0 Å². The van der Waals surface area contributed by atoms with Gasteiger partial charge in [0.05, 0.1) is 22.2 Å². The van der Waals surface area contributed by atoms with Gasteiger partial charge in [0.15, 0.2) is 9.84 Å². The lowest BCUT2D eigenvalue weighted by Crippen LogP contribution is -2.49. The van der Waals surface area contributed by atoms with E-state index in [1.54, 1.807) is 4.90 Å². The Morgan fingerprint density at radius 3 is 2.24 bits per heavy atom. The van der Waals surface area contributed by atoms with Gasteiger partial charge in [-0.25, -0.2) is 13.4 Å². The van der Waals surface area contributed by atoms with Crippen LogP contribution in [-0.4, -0.2) is 56.6 Å². The first kappa shape index (κ1) is 22.8. The first-order valence-electron chi connectivity index (χ1n) is 9.99. The van der Waals surface area contributed by atoms with Crippen molar-refractivity contribution in [3.63, 3.8) is 0 Å². The minimum Gasteiger partial charge on any atom is -0.445 e. The fourth-order valence-electron chi connectivity index (χ4n) is 3.67. The lowest BCUT2D eigenvalue weighted by molar-refractivity contribution is -0.137. The molecule has 7 nitrogen and oxygen atoms in total. The number of sulfone groups is 1. The molecule has 3 aromatic rings. The third kappa shape index (κ3) is 4.87. The third-order valence-corrected chi connectivity index (χ3v) is 6.55. The Morgan fingerprint density at radius 2 is 1.70 bits per heavy atom. The van der Waals surface area contributed by atoms with Crippen molar-refractivity contribution in [3.8, 4) is 11.5 Å². The van der Waals surface area contributed by atoms with Crippen molar-refractivity contribution < 1.29 is 30.8 Å². The molecule has 11 heteroatoms. The van der Waals surface area contributed by atoms with Crippen LogP contribution in [0.3, 0.4) is 0 Å². The number of oxazole rings is 1. The highest BCUT2D eigenvalue weighted by atomic mass is 32.2. The highest BCUT2D eigenvalue weighted by Gasteiger charge is 2.31. The summed E-state index contributed by atoms with van der Waals surface area (Å²) in [7, 11) is -3.54. The summed E-state index contributed by atoms with van der Waals surface area (Å²) in [5.41, 5.74) is 0.449. The van der Waals surface area contributed by atoms with Crippen LogP contribution in [0.4, 0.5) is 18.9 Å². The second-order valence-electron chi connectivity index (χ2n) is 7.64. The molecule has 0 bridgehead atoms. The molecule has 0 saturated carbocycles. The van der Waals surface area contributed by atoms with Crippen molar-refractivity contribution >= 4 is 21.4 Å². The van der Waals surface area contributed by atoms with Crippen molar-refractivity contribution in [1.29, 1.82) is 0 Å². The number of carbonyl (C=O) groups excluding carboxylic acids is 1. The maximum atomic E-state index is 13.3. The van der Waals surface area contributed by atoms with E-state index in [0.717, 1.165) is 18.4 Å². The number of anilines is 1. The standard InChI is InChI=1S/C22H20F3N3O4S/c1-33(30,31)17-6-7-18(20-26-8-13-32-20)19(14-17)21(29)28-11-9-27(10-12-28)16-4-2-15(3-5-16)22(23,24)25/h2-8,13-14H,9-12H2,1H3. The molecule has 4 rings (SSSR count). The zero-order valence-corrected chi connectivity index (χ0v) is 18.4. The van der Waals surface area contributed by atoms with E-state index in [1.165, 1.54) is 42.8 Å². The molecule has 1 amide bonds. The van der Waals surface area contributed by atoms with E-state index in [0.29, 0.717) is 37.4 Å². The van der Waals surface area contributed by atoms with Crippen molar-refractivity contribution in [2.24, 2.45) is 0 Å². The van der Waals surface area contributed by atoms with Gasteiger partial charge in [0, 0.05) is 43.7 Å². The van der Waals surface area contributed by atoms with Crippen molar-refractivity contribution in [3.05, 3.63) is 66.1 Å². The van der Waals surface area contributed by atoms with Crippen molar-refractivity contribution in [2.75, 3.05) is 37.3 Å². The number of hydrogen-bond acceptors (Lipinski definition) is 6. The molecule has 0 atom stereocenters. The zero-order valence-electron chi connectivity index (χ0n) is 17.5. The van der Waals surface area contributed by atoms with E-state index in [4.69, 9.17) is 4.42 Å². The molecule has 1 aromatic heterocycles. The van der Waals surface area contributed by atoms with Crippen molar-refractivity contribution in [2.45, 2.75) is 11.1 Å². The summed E-state index contributed by atoms with van der Waals surface area (Å²) in [4.78, 5) is 20.9. The van der Waals surface area contributed by atoms with Crippen LogP contribution in [0.1, 0.15) is 15.9 Å². The Labute approximate surface area is 188 Å². The van der Waals surface area contributed by atoms with E-state index in [-0.39, 0.29) is 22.3 Å². The summed E-state index contributed by atoms with van der Waals surface area (Å²) in [6.45, 7) is 1.45. The first-order valence-corrected chi connectivity index (χ1v) is 11.9. The normalized spacial score (nSPS) is 15.0. The minimum atomic E-state index is -4.40. The number of rotatable bonds is 4. The van der Waals surface area contributed by atoms with E-state index < -0.39 is 21.6 Å². The average Bonchev–Trinajstić information content (AvgIpc) is 3.32. The topological polar surface area (TPSA) is 83.7 Å². The molecule has 0 aliphatic carbocycles. The second kappa shape index (κ2) is 8.54. The van der Waals surface area contributed by atoms with Crippen LogP contribution in [0.15, 0.2) is 64.2 Å². The van der Waals surface area contributed by atoms with Crippen LogP contribution in [0, 0.1) is 0 Å². The quantitative estimate of drug-likeness (QED) is 0.567. The van der Waals surface area contributed by atoms with Gasteiger partial charge >= 0.3 is 6.18 Å².